The third-order valence-corrected chi connectivity index (χ3v) is 4.01. The molecule has 5 heteroatoms. The second-order valence-corrected chi connectivity index (χ2v) is 5.50. The van der Waals surface area contributed by atoms with Crippen molar-refractivity contribution in [3.8, 4) is 5.69 Å². The standard InChI is InChI=1S/C17H16FN3O/c18-13-6-1-2-8-15(13)21-16(11-12-5-4-10-22-12)20-14-7-3-9-19-17(14)21/h1-3,6-9,12H,4-5,10-11H2. The number of fused-ring (bicyclic) bond motifs is 1. The van der Waals surface area contributed by atoms with Crippen LogP contribution in [0.2, 0.25) is 0 Å². The lowest BCUT2D eigenvalue weighted by molar-refractivity contribution is 0.109. The number of pyridine rings is 1. The molecule has 1 aliphatic heterocycles. The number of ether oxygens (including phenoxy) is 1. The van der Waals surface area contributed by atoms with E-state index in [4.69, 9.17) is 4.74 Å². The summed E-state index contributed by atoms with van der Waals surface area (Å²) in [6.07, 6.45) is 4.63. The maximum atomic E-state index is 14.3. The largest absolute Gasteiger partial charge is 0.378 e. The molecule has 112 valence electrons. The van der Waals surface area contributed by atoms with Crippen molar-refractivity contribution >= 4 is 11.2 Å². The van der Waals surface area contributed by atoms with Crippen LogP contribution in [0.1, 0.15) is 18.7 Å². The summed E-state index contributed by atoms with van der Waals surface area (Å²) in [5.41, 5.74) is 1.94. The van der Waals surface area contributed by atoms with Gasteiger partial charge in [0.25, 0.3) is 0 Å². The van der Waals surface area contributed by atoms with Crippen molar-refractivity contribution in [3.63, 3.8) is 0 Å². The van der Waals surface area contributed by atoms with Crippen LogP contribution < -0.4 is 0 Å². The molecule has 1 unspecified atom stereocenters. The number of halogens is 1. The molecular formula is C17H16FN3O. The highest BCUT2D eigenvalue weighted by Crippen LogP contribution is 2.25. The molecule has 0 bridgehead atoms. The second-order valence-electron chi connectivity index (χ2n) is 5.50. The zero-order chi connectivity index (χ0) is 14.9. The first-order chi connectivity index (χ1) is 10.8. The van der Waals surface area contributed by atoms with Crippen LogP contribution in [0.4, 0.5) is 4.39 Å². The number of imidazole rings is 1. The molecule has 1 saturated heterocycles. The Labute approximate surface area is 127 Å². The highest BCUT2D eigenvalue weighted by atomic mass is 19.1. The van der Waals surface area contributed by atoms with Gasteiger partial charge in [0, 0.05) is 19.2 Å². The van der Waals surface area contributed by atoms with Crippen LogP contribution in [0.15, 0.2) is 42.6 Å². The monoisotopic (exact) mass is 297 g/mol. The van der Waals surface area contributed by atoms with E-state index < -0.39 is 0 Å². The molecule has 4 nitrogen and oxygen atoms in total. The van der Waals surface area contributed by atoms with E-state index in [0.717, 1.165) is 30.8 Å². The average Bonchev–Trinajstić information content (AvgIpc) is 3.16. The molecule has 2 aromatic heterocycles. The number of para-hydroxylation sites is 1. The summed E-state index contributed by atoms with van der Waals surface area (Å²) in [4.78, 5) is 9.03. The third-order valence-electron chi connectivity index (χ3n) is 4.01. The Morgan fingerprint density at radius 2 is 2.14 bits per heavy atom. The molecule has 1 fully saturated rings. The number of hydrogen-bond donors (Lipinski definition) is 0. The topological polar surface area (TPSA) is 39.9 Å². The number of hydrogen-bond acceptors (Lipinski definition) is 3. The van der Waals surface area contributed by atoms with Crippen molar-refractivity contribution < 1.29 is 9.13 Å². The molecule has 0 amide bonds. The summed E-state index contributed by atoms with van der Waals surface area (Å²) in [5.74, 6) is 0.520. The molecular weight excluding hydrogens is 281 g/mol. The fourth-order valence-corrected chi connectivity index (χ4v) is 2.99. The van der Waals surface area contributed by atoms with Gasteiger partial charge in [-0.15, -0.1) is 0 Å². The first-order valence-electron chi connectivity index (χ1n) is 7.52. The zero-order valence-electron chi connectivity index (χ0n) is 12.1. The molecule has 0 N–H and O–H groups in total. The van der Waals surface area contributed by atoms with Gasteiger partial charge in [0.05, 0.1) is 11.8 Å². The van der Waals surface area contributed by atoms with Crippen molar-refractivity contribution in [1.29, 1.82) is 0 Å². The lowest BCUT2D eigenvalue weighted by Crippen LogP contribution is -2.14. The summed E-state index contributed by atoms with van der Waals surface area (Å²) in [5, 5.41) is 0. The van der Waals surface area contributed by atoms with Gasteiger partial charge in [-0.3, -0.25) is 4.57 Å². The Kier molecular flexibility index (Phi) is 3.35. The van der Waals surface area contributed by atoms with E-state index in [0.29, 0.717) is 17.8 Å². The first kappa shape index (κ1) is 13.4. The Morgan fingerprint density at radius 1 is 1.23 bits per heavy atom. The lowest BCUT2D eigenvalue weighted by atomic mass is 10.1. The Balaban J connectivity index is 1.88. The molecule has 1 aromatic carbocycles. The molecule has 0 radical (unpaired) electrons. The van der Waals surface area contributed by atoms with Gasteiger partial charge in [-0.1, -0.05) is 12.1 Å². The van der Waals surface area contributed by atoms with E-state index in [1.807, 2.05) is 22.8 Å². The molecule has 0 spiro atoms. The van der Waals surface area contributed by atoms with Gasteiger partial charge in [-0.05, 0) is 37.1 Å². The van der Waals surface area contributed by atoms with E-state index >= 15 is 0 Å². The molecule has 3 aromatic rings. The molecule has 22 heavy (non-hydrogen) atoms. The van der Waals surface area contributed by atoms with Crippen molar-refractivity contribution in [1.82, 2.24) is 14.5 Å². The molecule has 3 heterocycles. The minimum absolute atomic E-state index is 0.155. The molecule has 1 atom stereocenters. The summed E-state index contributed by atoms with van der Waals surface area (Å²) >= 11 is 0. The van der Waals surface area contributed by atoms with Crippen LogP contribution in [0, 0.1) is 5.82 Å². The molecule has 4 rings (SSSR count). The van der Waals surface area contributed by atoms with Gasteiger partial charge in [0.15, 0.2) is 5.65 Å². The number of rotatable bonds is 3. The predicted molar refractivity (Wildman–Crippen MR) is 81.5 cm³/mol. The van der Waals surface area contributed by atoms with Crippen molar-refractivity contribution in [3.05, 3.63) is 54.2 Å². The van der Waals surface area contributed by atoms with E-state index in [1.165, 1.54) is 6.07 Å². The lowest BCUT2D eigenvalue weighted by Gasteiger charge is -2.12. The number of aromatic nitrogens is 3. The van der Waals surface area contributed by atoms with E-state index in [2.05, 4.69) is 9.97 Å². The maximum Gasteiger partial charge on any atom is 0.164 e. The smallest absolute Gasteiger partial charge is 0.164 e. The average molecular weight is 297 g/mol. The van der Waals surface area contributed by atoms with Crippen molar-refractivity contribution in [2.24, 2.45) is 0 Å². The van der Waals surface area contributed by atoms with Crippen LogP contribution in [0.25, 0.3) is 16.9 Å². The van der Waals surface area contributed by atoms with Gasteiger partial charge >= 0.3 is 0 Å². The van der Waals surface area contributed by atoms with Gasteiger partial charge < -0.3 is 4.74 Å². The predicted octanol–water partition coefficient (Wildman–Crippen LogP) is 3.28. The Bertz CT molecular complexity index is 809. The molecule has 0 aliphatic carbocycles. The Hall–Kier alpha value is -2.27. The van der Waals surface area contributed by atoms with Gasteiger partial charge in [-0.25, -0.2) is 14.4 Å². The zero-order valence-corrected chi connectivity index (χ0v) is 12.1. The minimum atomic E-state index is -0.277. The van der Waals surface area contributed by atoms with Crippen LogP contribution in [0.3, 0.4) is 0 Å². The fourth-order valence-electron chi connectivity index (χ4n) is 2.99. The number of benzene rings is 1. The number of nitrogens with zero attached hydrogens (tertiary/aromatic N) is 3. The Morgan fingerprint density at radius 3 is 2.95 bits per heavy atom. The van der Waals surface area contributed by atoms with Gasteiger partial charge in [0.1, 0.15) is 17.2 Å². The SMILES string of the molecule is Fc1ccccc1-n1c(CC2CCCO2)nc2cccnc21. The molecule has 1 aliphatic rings. The van der Waals surface area contributed by atoms with E-state index in [9.17, 15) is 4.39 Å². The molecule has 0 saturated carbocycles. The normalized spacial score (nSPS) is 18.1. The highest BCUT2D eigenvalue weighted by molar-refractivity contribution is 5.73. The highest BCUT2D eigenvalue weighted by Gasteiger charge is 2.22. The maximum absolute atomic E-state index is 14.3. The van der Waals surface area contributed by atoms with Crippen LogP contribution >= 0.6 is 0 Å². The summed E-state index contributed by atoms with van der Waals surface area (Å²) in [6.45, 7) is 0.794. The van der Waals surface area contributed by atoms with Crippen molar-refractivity contribution in [2.75, 3.05) is 6.61 Å². The van der Waals surface area contributed by atoms with Crippen LogP contribution in [-0.4, -0.2) is 27.2 Å². The second kappa shape index (κ2) is 5.50. The van der Waals surface area contributed by atoms with Gasteiger partial charge in [-0.2, -0.15) is 0 Å². The summed E-state index contributed by atoms with van der Waals surface area (Å²) < 4.78 is 21.8. The van der Waals surface area contributed by atoms with Crippen LogP contribution in [-0.2, 0) is 11.2 Å². The van der Waals surface area contributed by atoms with E-state index in [-0.39, 0.29) is 11.9 Å². The summed E-state index contributed by atoms with van der Waals surface area (Å²) in [7, 11) is 0. The fraction of sp³-hybridized carbons (Fsp3) is 0.294. The minimum Gasteiger partial charge on any atom is -0.378 e. The van der Waals surface area contributed by atoms with Crippen molar-refractivity contribution in [2.45, 2.75) is 25.4 Å². The third kappa shape index (κ3) is 2.27. The van der Waals surface area contributed by atoms with Crippen LogP contribution in [0.5, 0.6) is 0 Å². The summed E-state index contributed by atoms with van der Waals surface area (Å²) in [6, 6.07) is 10.5. The quantitative estimate of drug-likeness (QED) is 0.745. The van der Waals surface area contributed by atoms with Gasteiger partial charge in [0.2, 0.25) is 0 Å². The van der Waals surface area contributed by atoms with E-state index in [1.54, 1.807) is 18.3 Å². The first-order valence-corrected chi connectivity index (χ1v) is 7.52.